The zero-order chi connectivity index (χ0) is 18.7. The number of nitrogens with zero attached hydrogens (tertiary/aromatic N) is 4. The fourth-order valence-corrected chi connectivity index (χ4v) is 3.20. The minimum absolute atomic E-state index is 0.0410. The Morgan fingerprint density at radius 1 is 1.27 bits per heavy atom. The van der Waals surface area contributed by atoms with Crippen LogP contribution in [0.4, 0.5) is 0 Å². The highest BCUT2D eigenvalue weighted by atomic mass is 16.2. The molecule has 0 aliphatic heterocycles. The molecule has 0 bridgehead atoms. The summed E-state index contributed by atoms with van der Waals surface area (Å²) in [5.41, 5.74) is 4.86. The van der Waals surface area contributed by atoms with Crippen LogP contribution in [-0.2, 0) is 13.0 Å². The van der Waals surface area contributed by atoms with Crippen molar-refractivity contribution in [3.63, 3.8) is 0 Å². The second-order valence-corrected chi connectivity index (χ2v) is 6.71. The fraction of sp³-hybridized carbons (Fsp3) is 0.450. The Kier molecular flexibility index (Phi) is 5.40. The highest BCUT2D eigenvalue weighted by Crippen LogP contribution is 2.15. The summed E-state index contributed by atoms with van der Waals surface area (Å²) in [7, 11) is 0. The van der Waals surface area contributed by atoms with Crippen LogP contribution < -0.4 is 0 Å². The van der Waals surface area contributed by atoms with Gasteiger partial charge in [0, 0.05) is 31.7 Å². The van der Waals surface area contributed by atoms with Crippen molar-refractivity contribution in [2.24, 2.45) is 0 Å². The minimum Gasteiger partial charge on any atom is -0.342 e. The summed E-state index contributed by atoms with van der Waals surface area (Å²) < 4.78 is 1.91. The van der Waals surface area contributed by atoms with E-state index in [1.165, 1.54) is 5.56 Å². The molecule has 26 heavy (non-hydrogen) atoms. The molecule has 0 aliphatic carbocycles. The van der Waals surface area contributed by atoms with Gasteiger partial charge < -0.3 is 9.88 Å². The van der Waals surface area contributed by atoms with Crippen LogP contribution in [0.25, 0.3) is 11.0 Å². The highest BCUT2D eigenvalue weighted by Gasteiger charge is 2.19. The maximum absolute atomic E-state index is 12.9. The maximum atomic E-state index is 12.9. The number of nitrogens with one attached hydrogen (secondary N) is 1. The van der Waals surface area contributed by atoms with Gasteiger partial charge >= 0.3 is 0 Å². The van der Waals surface area contributed by atoms with E-state index in [1.54, 1.807) is 6.20 Å². The molecule has 0 aliphatic rings. The molecule has 6 nitrogen and oxygen atoms in total. The predicted molar refractivity (Wildman–Crippen MR) is 103 cm³/mol. The SMILES string of the molecule is CCCn1ncc(C(=O)N(CC)CCc2nc3ccc(C)cc3[nH]2)c1C. The van der Waals surface area contributed by atoms with E-state index >= 15 is 0 Å². The summed E-state index contributed by atoms with van der Waals surface area (Å²) in [5, 5.41) is 4.35. The lowest BCUT2D eigenvalue weighted by atomic mass is 10.2. The average molecular weight is 353 g/mol. The van der Waals surface area contributed by atoms with Crippen molar-refractivity contribution in [3.05, 3.63) is 47.0 Å². The molecule has 1 amide bonds. The van der Waals surface area contributed by atoms with Crippen LogP contribution in [0.5, 0.6) is 0 Å². The van der Waals surface area contributed by atoms with E-state index in [1.807, 2.05) is 29.5 Å². The third kappa shape index (κ3) is 3.64. The maximum Gasteiger partial charge on any atom is 0.257 e. The minimum atomic E-state index is 0.0410. The van der Waals surface area contributed by atoms with Gasteiger partial charge in [-0.05, 0) is 44.9 Å². The summed E-state index contributed by atoms with van der Waals surface area (Å²) in [4.78, 5) is 22.7. The van der Waals surface area contributed by atoms with Crippen molar-refractivity contribution >= 4 is 16.9 Å². The number of aromatic nitrogens is 4. The molecule has 0 saturated heterocycles. The van der Waals surface area contributed by atoms with Crippen LogP contribution in [0.3, 0.4) is 0 Å². The topological polar surface area (TPSA) is 66.8 Å². The first-order valence-corrected chi connectivity index (χ1v) is 9.30. The number of amides is 1. The van der Waals surface area contributed by atoms with Crippen LogP contribution >= 0.6 is 0 Å². The fourth-order valence-electron chi connectivity index (χ4n) is 3.20. The molecule has 0 unspecified atom stereocenters. The van der Waals surface area contributed by atoms with E-state index in [2.05, 4.69) is 41.0 Å². The van der Waals surface area contributed by atoms with Crippen LogP contribution in [0, 0.1) is 13.8 Å². The summed E-state index contributed by atoms with van der Waals surface area (Å²) in [6.07, 6.45) is 3.40. The number of likely N-dealkylation sites (N-methyl/N-ethyl adjacent to an activating group) is 1. The molecule has 3 aromatic rings. The molecule has 1 aromatic carbocycles. The number of imidazole rings is 1. The molecule has 138 valence electrons. The number of rotatable bonds is 7. The van der Waals surface area contributed by atoms with Crippen LogP contribution in [-0.4, -0.2) is 43.6 Å². The third-order valence-corrected chi connectivity index (χ3v) is 4.74. The molecule has 2 heterocycles. The van der Waals surface area contributed by atoms with Crippen LogP contribution in [0.1, 0.15) is 47.7 Å². The number of aromatic amines is 1. The van der Waals surface area contributed by atoms with E-state index in [9.17, 15) is 4.79 Å². The molecular formula is C20H27N5O. The molecule has 0 radical (unpaired) electrons. The summed E-state index contributed by atoms with van der Waals surface area (Å²) in [6.45, 7) is 10.3. The number of carbonyl (C=O) groups is 1. The van der Waals surface area contributed by atoms with Crippen LogP contribution in [0.15, 0.2) is 24.4 Å². The lowest BCUT2D eigenvalue weighted by Crippen LogP contribution is -2.33. The van der Waals surface area contributed by atoms with Crippen LogP contribution in [0.2, 0.25) is 0 Å². The van der Waals surface area contributed by atoms with E-state index in [0.29, 0.717) is 25.1 Å². The quantitative estimate of drug-likeness (QED) is 0.707. The number of aryl methyl sites for hydroxylation is 2. The summed E-state index contributed by atoms with van der Waals surface area (Å²) >= 11 is 0. The first-order chi connectivity index (χ1) is 12.5. The van der Waals surface area contributed by atoms with E-state index in [0.717, 1.165) is 35.5 Å². The Morgan fingerprint density at radius 2 is 2.08 bits per heavy atom. The molecule has 0 spiro atoms. The lowest BCUT2D eigenvalue weighted by molar-refractivity contribution is 0.0764. The van der Waals surface area contributed by atoms with Gasteiger partial charge in [-0.2, -0.15) is 5.10 Å². The monoisotopic (exact) mass is 353 g/mol. The standard InChI is InChI=1S/C20H27N5O/c1-5-10-25-15(4)16(13-21-25)20(26)24(6-2)11-9-19-22-17-8-7-14(3)12-18(17)23-19/h7-8,12-13H,5-6,9-11H2,1-4H3,(H,22,23). The predicted octanol–water partition coefficient (Wildman–Crippen LogP) is 3.49. The zero-order valence-electron chi connectivity index (χ0n) is 16.0. The molecule has 0 saturated carbocycles. The molecular weight excluding hydrogens is 326 g/mol. The number of fused-ring (bicyclic) bond motifs is 1. The van der Waals surface area contributed by atoms with Crippen molar-refractivity contribution in [1.29, 1.82) is 0 Å². The van der Waals surface area contributed by atoms with Crippen molar-refractivity contribution in [2.45, 2.75) is 47.1 Å². The van der Waals surface area contributed by atoms with Crippen molar-refractivity contribution in [3.8, 4) is 0 Å². The molecule has 6 heteroatoms. The zero-order valence-corrected chi connectivity index (χ0v) is 16.0. The van der Waals surface area contributed by atoms with Gasteiger partial charge in [-0.3, -0.25) is 9.48 Å². The largest absolute Gasteiger partial charge is 0.342 e. The van der Waals surface area contributed by atoms with Gasteiger partial charge in [-0.25, -0.2) is 4.98 Å². The van der Waals surface area contributed by atoms with E-state index in [-0.39, 0.29) is 5.91 Å². The molecule has 0 fully saturated rings. The second-order valence-electron chi connectivity index (χ2n) is 6.71. The third-order valence-electron chi connectivity index (χ3n) is 4.74. The Hall–Kier alpha value is -2.63. The number of benzene rings is 1. The van der Waals surface area contributed by atoms with E-state index < -0.39 is 0 Å². The second kappa shape index (κ2) is 7.72. The first-order valence-electron chi connectivity index (χ1n) is 9.30. The lowest BCUT2D eigenvalue weighted by Gasteiger charge is -2.20. The molecule has 0 atom stereocenters. The van der Waals surface area contributed by atoms with Crippen molar-refractivity contribution in [2.75, 3.05) is 13.1 Å². The Bertz CT molecular complexity index is 908. The number of H-pyrrole nitrogens is 1. The van der Waals surface area contributed by atoms with Gasteiger partial charge in [0.25, 0.3) is 5.91 Å². The number of carbonyl (C=O) groups excluding carboxylic acids is 1. The summed E-state index contributed by atoms with van der Waals surface area (Å²) in [5.74, 6) is 0.953. The number of hydrogen-bond donors (Lipinski definition) is 1. The number of hydrogen-bond acceptors (Lipinski definition) is 3. The van der Waals surface area contributed by atoms with Gasteiger partial charge in [-0.1, -0.05) is 13.0 Å². The summed E-state index contributed by atoms with van der Waals surface area (Å²) in [6, 6.07) is 6.19. The Morgan fingerprint density at radius 3 is 2.81 bits per heavy atom. The van der Waals surface area contributed by atoms with Gasteiger partial charge in [0.15, 0.2) is 0 Å². The molecule has 3 rings (SSSR count). The average Bonchev–Trinajstić information content (AvgIpc) is 3.19. The normalized spacial score (nSPS) is 11.2. The van der Waals surface area contributed by atoms with Gasteiger partial charge in [0.05, 0.1) is 22.8 Å². The van der Waals surface area contributed by atoms with Crippen molar-refractivity contribution < 1.29 is 4.79 Å². The molecule has 1 N–H and O–H groups in total. The Labute approximate surface area is 154 Å². The Balaban J connectivity index is 1.71. The highest BCUT2D eigenvalue weighted by molar-refractivity contribution is 5.95. The van der Waals surface area contributed by atoms with E-state index in [4.69, 9.17) is 0 Å². The van der Waals surface area contributed by atoms with Gasteiger partial charge in [-0.15, -0.1) is 0 Å². The van der Waals surface area contributed by atoms with Gasteiger partial charge in [0.2, 0.25) is 0 Å². The van der Waals surface area contributed by atoms with Crippen molar-refractivity contribution in [1.82, 2.24) is 24.6 Å². The van der Waals surface area contributed by atoms with Gasteiger partial charge in [0.1, 0.15) is 5.82 Å². The first kappa shape index (κ1) is 18.2. The molecule has 2 aromatic heterocycles. The smallest absolute Gasteiger partial charge is 0.257 e.